The molecule has 0 aliphatic rings. The molecule has 0 fully saturated rings. The zero-order valence-electron chi connectivity index (χ0n) is 7.58. The predicted molar refractivity (Wildman–Crippen MR) is 60.2 cm³/mol. The summed E-state index contributed by atoms with van der Waals surface area (Å²) in [7, 11) is 0. The van der Waals surface area contributed by atoms with E-state index < -0.39 is 0 Å². The molecule has 0 atom stereocenters. The van der Waals surface area contributed by atoms with Crippen LogP contribution in [0.4, 0.5) is 0 Å². The second-order valence-electron chi connectivity index (χ2n) is 2.99. The molecule has 1 aromatic carbocycles. The number of nitrogens with zero attached hydrogens (tertiary/aromatic N) is 2. The number of benzene rings is 1. The SMILES string of the molecule is NCn1cnc2c(Cl)cc(Cl)cc2c1=O. The zero-order valence-corrected chi connectivity index (χ0v) is 9.09. The van der Waals surface area contributed by atoms with Gasteiger partial charge in [0.25, 0.3) is 5.56 Å². The third-order valence-corrected chi connectivity index (χ3v) is 2.55. The Morgan fingerprint density at radius 2 is 2.13 bits per heavy atom. The van der Waals surface area contributed by atoms with E-state index in [9.17, 15) is 4.79 Å². The molecule has 0 bridgehead atoms. The standard InChI is InChI=1S/C9H7Cl2N3O/c10-5-1-6-8(7(11)2-5)13-4-14(3-12)9(6)15/h1-2,4H,3,12H2. The lowest BCUT2D eigenvalue weighted by molar-refractivity contribution is 0.692. The summed E-state index contributed by atoms with van der Waals surface area (Å²) in [6.07, 6.45) is 1.37. The molecule has 0 aliphatic heterocycles. The number of hydrogen-bond donors (Lipinski definition) is 1. The highest BCUT2D eigenvalue weighted by atomic mass is 35.5. The van der Waals surface area contributed by atoms with Gasteiger partial charge in [0.15, 0.2) is 0 Å². The minimum atomic E-state index is -0.244. The maximum Gasteiger partial charge on any atom is 0.262 e. The maximum absolute atomic E-state index is 11.8. The fourth-order valence-electron chi connectivity index (χ4n) is 1.32. The molecule has 2 N–H and O–H groups in total. The Morgan fingerprint density at radius 3 is 2.80 bits per heavy atom. The molecule has 0 radical (unpaired) electrons. The highest BCUT2D eigenvalue weighted by Crippen LogP contribution is 2.23. The summed E-state index contributed by atoms with van der Waals surface area (Å²) in [5.74, 6) is 0. The van der Waals surface area contributed by atoms with E-state index >= 15 is 0 Å². The van der Waals surface area contributed by atoms with Crippen molar-refractivity contribution in [3.8, 4) is 0 Å². The van der Waals surface area contributed by atoms with Crippen molar-refractivity contribution in [2.45, 2.75) is 6.67 Å². The number of nitrogens with two attached hydrogens (primary N) is 1. The summed E-state index contributed by atoms with van der Waals surface area (Å²) in [6.45, 7) is 0.0753. The average Bonchev–Trinajstić information content (AvgIpc) is 2.19. The lowest BCUT2D eigenvalue weighted by atomic mass is 10.2. The molecule has 1 aromatic heterocycles. The van der Waals surface area contributed by atoms with Gasteiger partial charge in [-0.2, -0.15) is 0 Å². The Hall–Kier alpha value is -1.10. The van der Waals surface area contributed by atoms with Gasteiger partial charge in [-0.25, -0.2) is 4.98 Å². The van der Waals surface area contributed by atoms with Crippen molar-refractivity contribution in [1.29, 1.82) is 0 Å². The van der Waals surface area contributed by atoms with Gasteiger partial charge in [0, 0.05) is 5.02 Å². The summed E-state index contributed by atoms with van der Waals surface area (Å²) in [5, 5.41) is 1.14. The van der Waals surface area contributed by atoms with Gasteiger partial charge in [0.05, 0.1) is 28.9 Å². The van der Waals surface area contributed by atoms with Crippen LogP contribution >= 0.6 is 23.2 Å². The number of rotatable bonds is 1. The van der Waals surface area contributed by atoms with Crippen molar-refractivity contribution in [2.24, 2.45) is 5.73 Å². The quantitative estimate of drug-likeness (QED) is 0.829. The van der Waals surface area contributed by atoms with Gasteiger partial charge in [0.1, 0.15) is 0 Å². The van der Waals surface area contributed by atoms with Gasteiger partial charge < -0.3 is 5.73 Å². The summed E-state index contributed by atoms with van der Waals surface area (Å²) >= 11 is 11.7. The number of aromatic nitrogens is 2. The molecule has 0 aliphatic carbocycles. The van der Waals surface area contributed by atoms with E-state index in [4.69, 9.17) is 28.9 Å². The van der Waals surface area contributed by atoms with Crippen molar-refractivity contribution in [1.82, 2.24) is 9.55 Å². The van der Waals surface area contributed by atoms with Crippen LogP contribution in [-0.2, 0) is 6.67 Å². The summed E-state index contributed by atoms with van der Waals surface area (Å²) in [4.78, 5) is 15.8. The minimum Gasteiger partial charge on any atom is -0.313 e. The lowest BCUT2D eigenvalue weighted by Gasteiger charge is -2.04. The Bertz CT molecular complexity index is 579. The van der Waals surface area contributed by atoms with Crippen molar-refractivity contribution < 1.29 is 0 Å². The first-order chi connectivity index (χ1) is 7.13. The average molecular weight is 244 g/mol. The van der Waals surface area contributed by atoms with Crippen LogP contribution in [0, 0.1) is 0 Å². The predicted octanol–water partition coefficient (Wildman–Crippen LogP) is 1.62. The Balaban J connectivity index is 2.93. The molecule has 1 heterocycles. The Kier molecular flexibility index (Phi) is 2.65. The summed E-state index contributed by atoms with van der Waals surface area (Å²) in [5.41, 5.74) is 5.57. The molecule has 2 aromatic rings. The number of hydrogen-bond acceptors (Lipinski definition) is 3. The van der Waals surface area contributed by atoms with Gasteiger partial charge in [-0.1, -0.05) is 23.2 Å². The van der Waals surface area contributed by atoms with Gasteiger partial charge in [0.2, 0.25) is 0 Å². The normalized spacial score (nSPS) is 10.9. The topological polar surface area (TPSA) is 60.9 Å². The van der Waals surface area contributed by atoms with E-state index in [1.807, 2.05) is 0 Å². The van der Waals surface area contributed by atoms with Crippen LogP contribution in [0.1, 0.15) is 0 Å². The van der Waals surface area contributed by atoms with Crippen LogP contribution < -0.4 is 11.3 Å². The van der Waals surface area contributed by atoms with Crippen LogP contribution in [0.15, 0.2) is 23.3 Å². The fourth-order valence-corrected chi connectivity index (χ4v) is 1.87. The molecular weight excluding hydrogens is 237 g/mol. The highest BCUT2D eigenvalue weighted by Gasteiger charge is 2.07. The first-order valence-electron chi connectivity index (χ1n) is 4.17. The molecule has 78 valence electrons. The largest absolute Gasteiger partial charge is 0.313 e. The van der Waals surface area contributed by atoms with E-state index in [-0.39, 0.29) is 12.2 Å². The molecule has 6 heteroatoms. The Morgan fingerprint density at radius 1 is 1.40 bits per heavy atom. The van der Waals surface area contributed by atoms with Crippen LogP contribution in [-0.4, -0.2) is 9.55 Å². The van der Waals surface area contributed by atoms with Gasteiger partial charge >= 0.3 is 0 Å². The third-order valence-electron chi connectivity index (χ3n) is 2.04. The highest BCUT2D eigenvalue weighted by molar-refractivity contribution is 6.38. The summed E-state index contributed by atoms with van der Waals surface area (Å²) in [6, 6.07) is 3.08. The van der Waals surface area contributed by atoms with Gasteiger partial charge in [-0.15, -0.1) is 0 Å². The molecule has 4 nitrogen and oxygen atoms in total. The van der Waals surface area contributed by atoms with Crippen molar-refractivity contribution in [3.05, 3.63) is 38.9 Å². The molecule has 15 heavy (non-hydrogen) atoms. The van der Waals surface area contributed by atoms with Crippen LogP contribution in [0.2, 0.25) is 10.0 Å². The van der Waals surface area contributed by atoms with Gasteiger partial charge in [-0.3, -0.25) is 9.36 Å². The number of halogens is 2. The van der Waals surface area contributed by atoms with E-state index in [1.165, 1.54) is 17.0 Å². The van der Waals surface area contributed by atoms with E-state index in [0.717, 1.165) is 0 Å². The third kappa shape index (κ3) is 1.71. The minimum absolute atomic E-state index is 0.0753. The Labute approximate surface area is 95.2 Å². The van der Waals surface area contributed by atoms with E-state index in [1.54, 1.807) is 6.07 Å². The van der Waals surface area contributed by atoms with E-state index in [0.29, 0.717) is 20.9 Å². The maximum atomic E-state index is 11.8. The molecular formula is C9H7Cl2N3O. The first kappa shape index (κ1) is 10.4. The molecule has 0 saturated carbocycles. The molecule has 0 amide bonds. The van der Waals surface area contributed by atoms with Crippen LogP contribution in [0.5, 0.6) is 0 Å². The smallest absolute Gasteiger partial charge is 0.262 e. The number of fused-ring (bicyclic) bond motifs is 1. The molecule has 0 spiro atoms. The lowest BCUT2D eigenvalue weighted by Crippen LogP contribution is -2.24. The molecule has 2 rings (SSSR count). The monoisotopic (exact) mass is 243 g/mol. The van der Waals surface area contributed by atoms with E-state index in [2.05, 4.69) is 4.98 Å². The van der Waals surface area contributed by atoms with Crippen molar-refractivity contribution >= 4 is 34.1 Å². The van der Waals surface area contributed by atoms with Crippen LogP contribution in [0.3, 0.4) is 0 Å². The first-order valence-corrected chi connectivity index (χ1v) is 4.93. The second-order valence-corrected chi connectivity index (χ2v) is 3.83. The molecule has 0 unspecified atom stereocenters. The van der Waals surface area contributed by atoms with Crippen molar-refractivity contribution in [3.63, 3.8) is 0 Å². The van der Waals surface area contributed by atoms with Crippen molar-refractivity contribution in [2.75, 3.05) is 0 Å². The van der Waals surface area contributed by atoms with Gasteiger partial charge in [-0.05, 0) is 12.1 Å². The summed E-state index contributed by atoms with van der Waals surface area (Å²) < 4.78 is 1.29. The molecule has 0 saturated heterocycles. The second kappa shape index (κ2) is 3.81. The fraction of sp³-hybridized carbons (Fsp3) is 0.111. The van der Waals surface area contributed by atoms with Crippen LogP contribution in [0.25, 0.3) is 10.9 Å². The zero-order chi connectivity index (χ0) is 11.0.